The summed E-state index contributed by atoms with van der Waals surface area (Å²) in [5, 5.41) is 16.3. The lowest BCUT2D eigenvalue weighted by Gasteiger charge is -2.31. The SMILES string of the molecule is CC(C)c1ccc(F)c2[nH]c(C(=O)N3C[C@H]4[C@@H]([C@H]3C(=O)N[C@H](CO)C[C@@H]3CCNC3=O)C4(C)C)cc12. The second kappa shape index (κ2) is 8.87. The van der Waals surface area contributed by atoms with Gasteiger partial charge in [0.25, 0.3) is 5.91 Å². The van der Waals surface area contributed by atoms with Crippen molar-refractivity contribution >= 4 is 28.6 Å². The zero-order chi connectivity index (χ0) is 25.9. The summed E-state index contributed by atoms with van der Waals surface area (Å²) in [5.74, 6) is -1.03. The summed E-state index contributed by atoms with van der Waals surface area (Å²) in [6.45, 7) is 9.00. The molecule has 3 amide bonds. The number of aliphatic hydroxyl groups is 1. The molecule has 0 spiro atoms. The van der Waals surface area contributed by atoms with Crippen LogP contribution in [0.5, 0.6) is 0 Å². The Hall–Kier alpha value is -2.94. The minimum Gasteiger partial charge on any atom is -0.394 e. The van der Waals surface area contributed by atoms with Gasteiger partial charge in [0.15, 0.2) is 0 Å². The van der Waals surface area contributed by atoms with Gasteiger partial charge in [0.05, 0.1) is 18.2 Å². The van der Waals surface area contributed by atoms with Gasteiger partial charge in [-0.3, -0.25) is 14.4 Å². The van der Waals surface area contributed by atoms with Crippen LogP contribution in [0, 0.1) is 29.0 Å². The Balaban J connectivity index is 1.39. The van der Waals surface area contributed by atoms with E-state index in [1.165, 1.54) is 6.07 Å². The number of benzene rings is 1. The van der Waals surface area contributed by atoms with Gasteiger partial charge in [-0.15, -0.1) is 0 Å². The molecule has 0 bridgehead atoms. The molecule has 3 aliphatic rings. The highest BCUT2D eigenvalue weighted by Gasteiger charge is 2.69. The molecule has 8 nitrogen and oxygen atoms in total. The molecule has 5 atom stereocenters. The van der Waals surface area contributed by atoms with Crippen LogP contribution in [0.3, 0.4) is 0 Å². The summed E-state index contributed by atoms with van der Waals surface area (Å²) in [6.07, 6.45) is 1.03. The maximum atomic E-state index is 14.6. The summed E-state index contributed by atoms with van der Waals surface area (Å²) >= 11 is 0. The zero-order valence-corrected chi connectivity index (χ0v) is 21.2. The molecule has 1 saturated carbocycles. The number of H-pyrrole nitrogens is 1. The topological polar surface area (TPSA) is 115 Å². The quantitative estimate of drug-likeness (QED) is 0.470. The first-order valence-electron chi connectivity index (χ1n) is 12.9. The molecule has 2 saturated heterocycles. The van der Waals surface area contributed by atoms with Crippen molar-refractivity contribution in [2.75, 3.05) is 19.7 Å². The number of aliphatic hydroxyl groups excluding tert-OH is 1. The van der Waals surface area contributed by atoms with Crippen molar-refractivity contribution in [1.82, 2.24) is 20.5 Å². The van der Waals surface area contributed by atoms with Crippen molar-refractivity contribution in [3.8, 4) is 0 Å². The molecule has 2 aliphatic heterocycles. The van der Waals surface area contributed by atoms with Crippen LogP contribution >= 0.6 is 0 Å². The standard InChI is InChI=1S/C27H35FN4O4/c1-13(2)16-5-6-19(28)22-17(16)10-20(31-22)26(36)32-11-18-21(27(18,3)4)23(32)25(35)30-15(12-33)9-14-7-8-29-24(14)34/h5-6,10,13-15,18,21,23,31,33H,7-9,11-12H2,1-4H3,(H,29,34)(H,30,35)/t14-,15-,18-,21-,23-/m0/s1. The van der Waals surface area contributed by atoms with Crippen molar-refractivity contribution in [1.29, 1.82) is 0 Å². The van der Waals surface area contributed by atoms with E-state index < -0.39 is 17.9 Å². The van der Waals surface area contributed by atoms with Crippen molar-refractivity contribution in [3.05, 3.63) is 35.3 Å². The van der Waals surface area contributed by atoms with Gasteiger partial charge >= 0.3 is 0 Å². The molecule has 36 heavy (non-hydrogen) atoms. The summed E-state index contributed by atoms with van der Waals surface area (Å²) in [5.41, 5.74) is 1.43. The fraction of sp³-hybridized carbons (Fsp3) is 0.593. The number of likely N-dealkylation sites (tertiary alicyclic amines) is 1. The van der Waals surface area contributed by atoms with E-state index in [0.717, 1.165) is 5.56 Å². The Morgan fingerprint density at radius 3 is 2.69 bits per heavy atom. The number of nitrogens with one attached hydrogen (secondary N) is 3. The minimum atomic E-state index is -0.690. The molecule has 3 heterocycles. The number of halogens is 1. The van der Waals surface area contributed by atoms with Gasteiger partial charge in [-0.05, 0) is 53.7 Å². The highest BCUT2D eigenvalue weighted by atomic mass is 19.1. The van der Waals surface area contributed by atoms with E-state index >= 15 is 0 Å². The molecule has 4 N–H and O–H groups in total. The third-order valence-corrected chi connectivity index (χ3v) is 8.67. The van der Waals surface area contributed by atoms with Gasteiger partial charge < -0.3 is 25.6 Å². The van der Waals surface area contributed by atoms with Gasteiger partial charge in [-0.1, -0.05) is 33.8 Å². The Morgan fingerprint density at radius 2 is 2.06 bits per heavy atom. The Labute approximate surface area is 210 Å². The third kappa shape index (κ3) is 3.97. The molecule has 0 unspecified atom stereocenters. The summed E-state index contributed by atoms with van der Waals surface area (Å²) < 4.78 is 14.6. The van der Waals surface area contributed by atoms with Crippen molar-refractivity contribution < 1.29 is 23.9 Å². The number of rotatable bonds is 7. The van der Waals surface area contributed by atoms with E-state index in [0.29, 0.717) is 36.8 Å². The Morgan fingerprint density at radius 1 is 1.31 bits per heavy atom. The molecule has 0 radical (unpaired) electrons. The van der Waals surface area contributed by atoms with Crippen LogP contribution in [-0.2, 0) is 9.59 Å². The van der Waals surface area contributed by atoms with Crippen LogP contribution in [0.2, 0.25) is 0 Å². The number of aromatic nitrogens is 1. The number of piperidine rings is 1. The van der Waals surface area contributed by atoms with Crippen LogP contribution < -0.4 is 10.6 Å². The normalized spacial score (nSPS) is 27.3. The lowest BCUT2D eigenvalue weighted by atomic mass is 9.97. The number of hydrogen-bond donors (Lipinski definition) is 4. The summed E-state index contributed by atoms with van der Waals surface area (Å²) in [6, 6.07) is 3.58. The fourth-order valence-corrected chi connectivity index (χ4v) is 6.45. The number of fused-ring (bicyclic) bond motifs is 2. The average Bonchev–Trinajstić information content (AvgIpc) is 3.35. The van der Waals surface area contributed by atoms with E-state index in [9.17, 15) is 23.9 Å². The first kappa shape index (κ1) is 24.7. The van der Waals surface area contributed by atoms with E-state index in [1.807, 2.05) is 13.8 Å². The van der Waals surface area contributed by atoms with Gasteiger partial charge in [-0.25, -0.2) is 4.39 Å². The lowest BCUT2D eigenvalue weighted by molar-refractivity contribution is -0.128. The highest BCUT2D eigenvalue weighted by molar-refractivity contribution is 6.01. The summed E-state index contributed by atoms with van der Waals surface area (Å²) in [4.78, 5) is 43.7. The molecule has 9 heteroatoms. The second-order valence-electron chi connectivity index (χ2n) is 11.5. The predicted octanol–water partition coefficient (Wildman–Crippen LogP) is 2.53. The number of nitrogens with zero attached hydrogens (tertiary/aromatic N) is 1. The molecule has 1 aromatic heterocycles. The van der Waals surface area contributed by atoms with E-state index in [-0.39, 0.29) is 59.1 Å². The monoisotopic (exact) mass is 498 g/mol. The van der Waals surface area contributed by atoms with E-state index in [1.54, 1.807) is 17.0 Å². The highest BCUT2D eigenvalue weighted by Crippen LogP contribution is 2.65. The minimum absolute atomic E-state index is 0.00270. The number of hydrogen-bond acceptors (Lipinski definition) is 4. The van der Waals surface area contributed by atoms with E-state index in [2.05, 4.69) is 29.5 Å². The number of aromatic amines is 1. The zero-order valence-electron chi connectivity index (χ0n) is 21.2. The molecule has 1 aliphatic carbocycles. The molecular formula is C27H35FN4O4. The van der Waals surface area contributed by atoms with Gasteiger partial charge in [-0.2, -0.15) is 0 Å². The molecule has 1 aromatic carbocycles. The van der Waals surface area contributed by atoms with Gasteiger partial charge in [0.1, 0.15) is 17.6 Å². The molecule has 5 rings (SSSR count). The van der Waals surface area contributed by atoms with Crippen molar-refractivity contribution in [2.45, 2.75) is 58.5 Å². The maximum Gasteiger partial charge on any atom is 0.271 e. The van der Waals surface area contributed by atoms with Crippen LogP contribution in [0.4, 0.5) is 4.39 Å². The largest absolute Gasteiger partial charge is 0.394 e. The van der Waals surface area contributed by atoms with Crippen LogP contribution in [0.25, 0.3) is 10.9 Å². The van der Waals surface area contributed by atoms with Crippen LogP contribution in [0.15, 0.2) is 18.2 Å². The lowest BCUT2D eigenvalue weighted by Crippen LogP contribution is -2.53. The first-order valence-corrected chi connectivity index (χ1v) is 12.9. The first-order chi connectivity index (χ1) is 17.0. The Bertz CT molecular complexity index is 1220. The van der Waals surface area contributed by atoms with Crippen molar-refractivity contribution in [2.24, 2.45) is 23.2 Å². The molecular weight excluding hydrogens is 463 g/mol. The molecule has 194 valence electrons. The number of carbonyl (C=O) groups is 3. The Kier molecular flexibility index (Phi) is 6.09. The van der Waals surface area contributed by atoms with Gasteiger partial charge in [0, 0.05) is 24.4 Å². The molecule has 3 fully saturated rings. The third-order valence-electron chi connectivity index (χ3n) is 8.67. The fourth-order valence-electron chi connectivity index (χ4n) is 6.45. The van der Waals surface area contributed by atoms with Gasteiger partial charge in [0.2, 0.25) is 11.8 Å². The number of amides is 3. The van der Waals surface area contributed by atoms with Crippen LogP contribution in [0.1, 0.15) is 62.5 Å². The smallest absolute Gasteiger partial charge is 0.271 e. The van der Waals surface area contributed by atoms with Crippen molar-refractivity contribution in [3.63, 3.8) is 0 Å². The van der Waals surface area contributed by atoms with Crippen LogP contribution in [-0.4, -0.2) is 64.5 Å². The average molecular weight is 499 g/mol. The number of carbonyl (C=O) groups excluding carboxylic acids is 3. The van der Waals surface area contributed by atoms with E-state index in [4.69, 9.17) is 0 Å². The summed E-state index contributed by atoms with van der Waals surface area (Å²) in [7, 11) is 0. The second-order valence-corrected chi connectivity index (χ2v) is 11.5. The maximum absolute atomic E-state index is 14.6. The predicted molar refractivity (Wildman–Crippen MR) is 133 cm³/mol. The molecule has 2 aromatic rings.